The third kappa shape index (κ3) is 3.01. The molecule has 0 aromatic carbocycles. The first-order chi connectivity index (χ1) is 11.7. The van der Waals surface area contributed by atoms with E-state index in [2.05, 4.69) is 4.98 Å². The number of aromatic nitrogens is 1. The van der Waals surface area contributed by atoms with Crippen molar-refractivity contribution in [1.29, 1.82) is 0 Å². The largest absolute Gasteiger partial charge is 0.486 e. The highest BCUT2D eigenvalue weighted by molar-refractivity contribution is 5.93. The molecule has 24 heavy (non-hydrogen) atoms. The third-order valence-corrected chi connectivity index (χ3v) is 4.71. The van der Waals surface area contributed by atoms with Gasteiger partial charge in [0.1, 0.15) is 18.1 Å². The zero-order chi connectivity index (χ0) is 16.4. The van der Waals surface area contributed by atoms with Gasteiger partial charge in [0.15, 0.2) is 0 Å². The van der Waals surface area contributed by atoms with Crippen molar-refractivity contribution in [3.8, 4) is 5.75 Å². The van der Waals surface area contributed by atoms with E-state index in [0.29, 0.717) is 18.7 Å². The molecule has 6 nitrogen and oxygen atoms in total. The molecule has 0 radical (unpaired) electrons. The lowest BCUT2D eigenvalue weighted by molar-refractivity contribution is -0.0453. The van der Waals surface area contributed by atoms with Gasteiger partial charge in [-0.15, -0.1) is 0 Å². The van der Waals surface area contributed by atoms with Gasteiger partial charge in [-0.25, -0.2) is 0 Å². The van der Waals surface area contributed by atoms with Gasteiger partial charge in [0.2, 0.25) is 0 Å². The molecule has 2 aliphatic heterocycles. The molecular weight excluding hydrogens is 308 g/mol. The predicted molar refractivity (Wildman–Crippen MR) is 85.8 cm³/mol. The van der Waals surface area contributed by atoms with Crippen molar-refractivity contribution in [1.82, 2.24) is 9.88 Å². The van der Waals surface area contributed by atoms with Crippen LogP contribution in [0.4, 0.5) is 0 Å². The fraction of sp³-hybridized carbons (Fsp3) is 0.444. The van der Waals surface area contributed by atoms with Gasteiger partial charge in [0, 0.05) is 19.2 Å². The second-order valence-corrected chi connectivity index (χ2v) is 6.47. The summed E-state index contributed by atoms with van der Waals surface area (Å²) < 4.78 is 17.1. The van der Waals surface area contributed by atoms with Crippen LogP contribution in [-0.4, -0.2) is 47.2 Å². The molecule has 1 spiro atoms. The van der Waals surface area contributed by atoms with Gasteiger partial charge in [-0.1, -0.05) is 0 Å². The summed E-state index contributed by atoms with van der Waals surface area (Å²) in [6, 6.07) is 5.45. The van der Waals surface area contributed by atoms with E-state index in [0.717, 1.165) is 31.6 Å². The van der Waals surface area contributed by atoms with Crippen LogP contribution in [-0.2, 0) is 4.74 Å². The van der Waals surface area contributed by atoms with E-state index in [1.165, 1.54) is 12.5 Å². The Bertz CT molecular complexity index is 688. The molecule has 2 aromatic rings. The summed E-state index contributed by atoms with van der Waals surface area (Å²) in [6.07, 6.45) is 9.12. The fourth-order valence-electron chi connectivity index (χ4n) is 3.61. The molecule has 0 saturated carbocycles. The van der Waals surface area contributed by atoms with Crippen LogP contribution in [0, 0.1) is 0 Å². The average Bonchev–Trinajstić information content (AvgIpc) is 3.26. The first-order valence-corrected chi connectivity index (χ1v) is 8.26. The van der Waals surface area contributed by atoms with Crippen molar-refractivity contribution >= 4 is 5.91 Å². The summed E-state index contributed by atoms with van der Waals surface area (Å²) in [5.74, 6) is 0.758. The maximum Gasteiger partial charge on any atom is 0.257 e. The highest BCUT2D eigenvalue weighted by Crippen LogP contribution is 2.36. The summed E-state index contributed by atoms with van der Waals surface area (Å²) in [7, 11) is 0. The number of carbonyl (C=O) groups excluding carboxylic acids is 1. The third-order valence-electron chi connectivity index (χ3n) is 4.71. The second kappa shape index (κ2) is 6.28. The molecule has 2 aromatic heterocycles. The molecule has 0 N–H and O–H groups in total. The van der Waals surface area contributed by atoms with Gasteiger partial charge in [0.05, 0.1) is 36.8 Å². The lowest BCUT2D eigenvalue weighted by atomic mass is 9.89. The molecule has 0 aliphatic carbocycles. The van der Waals surface area contributed by atoms with Gasteiger partial charge >= 0.3 is 0 Å². The number of likely N-dealkylation sites (tertiary alicyclic amines) is 1. The number of furan rings is 1. The van der Waals surface area contributed by atoms with E-state index in [4.69, 9.17) is 13.9 Å². The molecule has 2 atom stereocenters. The zero-order valence-corrected chi connectivity index (χ0v) is 13.4. The molecule has 0 unspecified atom stereocenters. The second-order valence-electron chi connectivity index (χ2n) is 6.47. The molecule has 2 fully saturated rings. The molecule has 1 amide bonds. The van der Waals surface area contributed by atoms with Gasteiger partial charge < -0.3 is 18.8 Å². The Morgan fingerprint density at radius 1 is 1.42 bits per heavy atom. The number of carbonyl (C=O) groups is 1. The SMILES string of the molecule is O=C(c1ccoc1)N1CCC[C@]2(C[C@H](Oc3cccnc3)CO2)C1. The number of nitrogens with zero attached hydrogens (tertiary/aromatic N) is 2. The Kier molecular flexibility index (Phi) is 3.98. The van der Waals surface area contributed by atoms with Crippen LogP contribution in [0.15, 0.2) is 47.5 Å². The standard InChI is InChI=1S/C18H20N2O4/c21-17(14-4-8-22-11-14)20-7-2-5-18(13-20)9-16(12-23-18)24-15-3-1-6-19-10-15/h1,3-4,6,8,10-11,16H,2,5,7,9,12-13H2/t16-,18-/m0/s1. The first-order valence-electron chi connectivity index (χ1n) is 8.26. The zero-order valence-electron chi connectivity index (χ0n) is 13.4. The smallest absolute Gasteiger partial charge is 0.257 e. The lowest BCUT2D eigenvalue weighted by Crippen LogP contribution is -2.50. The van der Waals surface area contributed by atoms with E-state index in [-0.39, 0.29) is 17.6 Å². The van der Waals surface area contributed by atoms with E-state index in [9.17, 15) is 4.79 Å². The Morgan fingerprint density at radius 3 is 3.17 bits per heavy atom. The predicted octanol–water partition coefficient (Wildman–Crippen LogP) is 2.52. The Balaban J connectivity index is 1.41. The number of ether oxygens (including phenoxy) is 2. The Hall–Kier alpha value is -2.34. The summed E-state index contributed by atoms with van der Waals surface area (Å²) in [4.78, 5) is 18.5. The number of pyridine rings is 1. The number of hydrogen-bond donors (Lipinski definition) is 0. The summed E-state index contributed by atoms with van der Waals surface area (Å²) in [5, 5.41) is 0. The molecule has 126 valence electrons. The maximum atomic E-state index is 12.5. The maximum absolute atomic E-state index is 12.5. The highest BCUT2D eigenvalue weighted by Gasteiger charge is 2.45. The van der Waals surface area contributed by atoms with E-state index in [1.54, 1.807) is 18.5 Å². The van der Waals surface area contributed by atoms with Gasteiger partial charge in [-0.2, -0.15) is 0 Å². The van der Waals surface area contributed by atoms with E-state index < -0.39 is 0 Å². The van der Waals surface area contributed by atoms with Crippen molar-refractivity contribution in [2.75, 3.05) is 19.7 Å². The number of rotatable bonds is 3. The van der Waals surface area contributed by atoms with Crippen molar-refractivity contribution in [3.63, 3.8) is 0 Å². The fourth-order valence-corrected chi connectivity index (χ4v) is 3.61. The molecular formula is C18H20N2O4. The van der Waals surface area contributed by atoms with Gasteiger partial charge in [-0.05, 0) is 31.0 Å². The van der Waals surface area contributed by atoms with E-state index in [1.807, 2.05) is 17.0 Å². The van der Waals surface area contributed by atoms with Crippen LogP contribution in [0.2, 0.25) is 0 Å². The number of hydrogen-bond acceptors (Lipinski definition) is 5. The first kappa shape index (κ1) is 15.2. The van der Waals surface area contributed by atoms with Gasteiger partial charge in [-0.3, -0.25) is 9.78 Å². The van der Waals surface area contributed by atoms with Crippen LogP contribution < -0.4 is 4.74 Å². The number of piperidine rings is 1. The lowest BCUT2D eigenvalue weighted by Gasteiger charge is -2.39. The summed E-state index contributed by atoms with van der Waals surface area (Å²) in [6.45, 7) is 1.90. The molecule has 2 saturated heterocycles. The van der Waals surface area contributed by atoms with Crippen LogP contribution in [0.25, 0.3) is 0 Å². The molecule has 4 heterocycles. The monoisotopic (exact) mass is 328 g/mol. The van der Waals surface area contributed by atoms with Crippen LogP contribution in [0.5, 0.6) is 5.75 Å². The molecule has 2 aliphatic rings. The molecule has 4 rings (SSSR count). The Labute approximate surface area is 140 Å². The number of amides is 1. The van der Waals surface area contributed by atoms with Crippen molar-refractivity contribution in [2.24, 2.45) is 0 Å². The van der Waals surface area contributed by atoms with Crippen LogP contribution >= 0.6 is 0 Å². The van der Waals surface area contributed by atoms with E-state index >= 15 is 0 Å². The molecule has 0 bridgehead atoms. The minimum absolute atomic E-state index is 0.00169. The Morgan fingerprint density at radius 2 is 2.38 bits per heavy atom. The minimum atomic E-state index is -0.301. The van der Waals surface area contributed by atoms with Crippen LogP contribution in [0.3, 0.4) is 0 Å². The summed E-state index contributed by atoms with van der Waals surface area (Å²) in [5.41, 5.74) is 0.290. The average molecular weight is 328 g/mol. The molecule has 6 heteroatoms. The quantitative estimate of drug-likeness (QED) is 0.866. The summed E-state index contributed by atoms with van der Waals surface area (Å²) >= 11 is 0. The van der Waals surface area contributed by atoms with Crippen molar-refractivity contribution in [2.45, 2.75) is 31.0 Å². The minimum Gasteiger partial charge on any atom is -0.486 e. The topological polar surface area (TPSA) is 64.8 Å². The normalized spacial score (nSPS) is 26.7. The highest BCUT2D eigenvalue weighted by atomic mass is 16.6. The van der Waals surface area contributed by atoms with Crippen molar-refractivity contribution < 1.29 is 18.7 Å². The van der Waals surface area contributed by atoms with Gasteiger partial charge in [0.25, 0.3) is 5.91 Å². The van der Waals surface area contributed by atoms with Crippen molar-refractivity contribution in [3.05, 3.63) is 48.7 Å². The van der Waals surface area contributed by atoms with Crippen LogP contribution in [0.1, 0.15) is 29.6 Å².